The van der Waals surface area contributed by atoms with Gasteiger partial charge in [-0.2, -0.15) is 0 Å². The van der Waals surface area contributed by atoms with Crippen molar-refractivity contribution in [3.63, 3.8) is 0 Å². The van der Waals surface area contributed by atoms with E-state index in [9.17, 15) is 4.79 Å². The number of ketones is 1. The first-order chi connectivity index (χ1) is 11.5. The number of halogens is 1. The highest BCUT2D eigenvalue weighted by atomic mass is 35.5. The molecule has 0 fully saturated rings. The summed E-state index contributed by atoms with van der Waals surface area (Å²) in [7, 11) is 0. The van der Waals surface area contributed by atoms with Gasteiger partial charge >= 0.3 is 0 Å². The van der Waals surface area contributed by atoms with Crippen LogP contribution in [0.2, 0.25) is 0 Å². The molecule has 0 bridgehead atoms. The van der Waals surface area contributed by atoms with Crippen molar-refractivity contribution in [1.82, 2.24) is 0 Å². The Bertz CT molecular complexity index is 657. The Balaban J connectivity index is 0.000000568. The number of carbonyl (C=O) groups is 1. The van der Waals surface area contributed by atoms with Gasteiger partial charge < -0.3 is 22.9 Å². The minimum Gasteiger partial charge on any atom is -1.00 e. The first-order valence-electron chi connectivity index (χ1n) is 8.04. The Kier molecular flexibility index (Phi) is 8.06. The fraction of sp³-hybridized carbons (Fsp3) is 0.136. The minimum absolute atomic E-state index is 0. The summed E-state index contributed by atoms with van der Waals surface area (Å²) in [6.45, 7) is 3.06. The molecule has 3 aromatic rings. The van der Waals surface area contributed by atoms with Crippen LogP contribution in [0.4, 0.5) is 0 Å². The van der Waals surface area contributed by atoms with Crippen molar-refractivity contribution < 1.29 is 22.9 Å². The molecule has 3 N–H and O–H groups in total. The zero-order valence-corrected chi connectivity index (χ0v) is 15.4. The maximum Gasteiger partial charge on any atom is 0.172 e. The largest absolute Gasteiger partial charge is 1.00 e. The van der Waals surface area contributed by atoms with E-state index in [2.05, 4.69) is 78.5 Å². The van der Waals surface area contributed by atoms with E-state index < -0.39 is 0 Å². The molecule has 0 radical (unpaired) electrons. The number of quaternary nitrogens is 1. The molecule has 0 aliphatic heterocycles. The Morgan fingerprint density at radius 1 is 0.640 bits per heavy atom. The zero-order chi connectivity index (χ0) is 17.4. The molecule has 3 aromatic carbocycles. The standard InChI is InChI=1S/C19H17N.C3H6O.ClH/c20-19(16-10-4-1-5-11-16,17-12-6-2-7-13-17)18-14-8-3-9-15-18;1-3(2)4;/h1-15H,20H2;1-2H3;1H. The summed E-state index contributed by atoms with van der Waals surface area (Å²) < 4.78 is 0. The first-order valence-corrected chi connectivity index (χ1v) is 8.04. The highest BCUT2D eigenvalue weighted by Gasteiger charge is 2.35. The van der Waals surface area contributed by atoms with Gasteiger partial charge in [-0.3, -0.25) is 0 Å². The molecule has 0 atom stereocenters. The van der Waals surface area contributed by atoms with Gasteiger partial charge in [-0.1, -0.05) is 91.0 Å². The predicted octanol–water partition coefficient (Wildman–Crippen LogP) is 0.820. The van der Waals surface area contributed by atoms with Crippen molar-refractivity contribution in [3.05, 3.63) is 108 Å². The summed E-state index contributed by atoms with van der Waals surface area (Å²) in [6, 6.07) is 31.4. The van der Waals surface area contributed by atoms with Crippen molar-refractivity contribution in [1.29, 1.82) is 0 Å². The first kappa shape index (κ1) is 20.6. The van der Waals surface area contributed by atoms with Gasteiger partial charge in [0, 0.05) is 16.7 Å². The van der Waals surface area contributed by atoms with E-state index in [-0.39, 0.29) is 23.7 Å². The van der Waals surface area contributed by atoms with E-state index in [0.29, 0.717) is 0 Å². The van der Waals surface area contributed by atoms with E-state index in [4.69, 9.17) is 0 Å². The molecule has 0 aliphatic rings. The van der Waals surface area contributed by atoms with Crippen LogP contribution in [-0.2, 0) is 10.3 Å². The van der Waals surface area contributed by atoms with Gasteiger partial charge in [0.15, 0.2) is 5.54 Å². The summed E-state index contributed by atoms with van der Waals surface area (Å²) in [4.78, 5) is 9.44. The molecule has 0 unspecified atom stereocenters. The molecule has 3 heteroatoms. The van der Waals surface area contributed by atoms with Gasteiger partial charge in [0.25, 0.3) is 0 Å². The second-order valence-electron chi connectivity index (χ2n) is 5.91. The number of Topliss-reactive ketones (excluding diaryl/α,β-unsaturated/α-hetero) is 1. The van der Waals surface area contributed by atoms with Gasteiger partial charge in [0.1, 0.15) is 5.78 Å². The normalized spacial score (nSPS) is 10.0. The second kappa shape index (κ2) is 9.77. The molecule has 25 heavy (non-hydrogen) atoms. The van der Waals surface area contributed by atoms with Gasteiger partial charge in [-0.05, 0) is 13.8 Å². The van der Waals surface area contributed by atoms with Crippen molar-refractivity contribution >= 4 is 5.78 Å². The van der Waals surface area contributed by atoms with Crippen molar-refractivity contribution in [3.8, 4) is 0 Å². The number of benzene rings is 3. The molecular weight excluding hydrogens is 330 g/mol. The van der Waals surface area contributed by atoms with Crippen LogP contribution < -0.4 is 18.1 Å². The number of hydrogen-bond acceptors (Lipinski definition) is 1. The van der Waals surface area contributed by atoms with Crippen LogP contribution in [0, 0.1) is 0 Å². The molecule has 0 spiro atoms. The van der Waals surface area contributed by atoms with Gasteiger partial charge in [0.2, 0.25) is 0 Å². The summed E-state index contributed by atoms with van der Waals surface area (Å²) in [5, 5.41) is 0. The third-order valence-corrected chi connectivity index (χ3v) is 3.80. The Hall–Kier alpha value is -2.42. The lowest BCUT2D eigenvalue weighted by molar-refractivity contribution is -0.455. The quantitative estimate of drug-likeness (QED) is 0.696. The summed E-state index contributed by atoms with van der Waals surface area (Å²) in [5.74, 6) is 0.167. The molecule has 130 valence electrons. The van der Waals surface area contributed by atoms with Crippen molar-refractivity contribution in [2.45, 2.75) is 19.4 Å². The molecule has 0 amide bonds. The Labute approximate surface area is 156 Å². The molecule has 3 rings (SSSR count). The summed E-state index contributed by atoms with van der Waals surface area (Å²) >= 11 is 0. The molecule has 0 saturated heterocycles. The molecule has 0 aliphatic carbocycles. The summed E-state index contributed by atoms with van der Waals surface area (Å²) in [5.41, 5.74) is 7.83. The predicted molar refractivity (Wildman–Crippen MR) is 98.5 cm³/mol. The fourth-order valence-electron chi connectivity index (χ4n) is 2.67. The number of carbonyl (C=O) groups excluding carboxylic acids is 1. The van der Waals surface area contributed by atoms with Crippen LogP contribution in [0.3, 0.4) is 0 Å². The number of hydrogen-bond donors (Lipinski definition) is 1. The lowest BCUT2D eigenvalue weighted by Crippen LogP contribution is -3.00. The second-order valence-corrected chi connectivity index (χ2v) is 5.91. The molecular formula is C22H24ClNO. The molecule has 2 nitrogen and oxygen atoms in total. The van der Waals surface area contributed by atoms with Crippen LogP contribution in [0.25, 0.3) is 0 Å². The van der Waals surface area contributed by atoms with Crippen LogP contribution in [-0.4, -0.2) is 5.78 Å². The minimum atomic E-state index is -0.371. The van der Waals surface area contributed by atoms with Gasteiger partial charge in [-0.25, -0.2) is 0 Å². The van der Waals surface area contributed by atoms with E-state index in [1.54, 1.807) is 0 Å². The highest BCUT2D eigenvalue weighted by Crippen LogP contribution is 2.31. The SMILES string of the molecule is CC(C)=O.[Cl-].[NH3+]C(c1ccccc1)(c1ccccc1)c1ccccc1. The van der Waals surface area contributed by atoms with Gasteiger partial charge in [0.05, 0.1) is 0 Å². The average Bonchev–Trinajstić information content (AvgIpc) is 2.63. The van der Waals surface area contributed by atoms with Crippen LogP contribution in [0.1, 0.15) is 30.5 Å². The van der Waals surface area contributed by atoms with E-state index in [1.165, 1.54) is 30.5 Å². The Morgan fingerprint density at radius 2 is 0.840 bits per heavy atom. The fourth-order valence-corrected chi connectivity index (χ4v) is 2.67. The van der Waals surface area contributed by atoms with Crippen molar-refractivity contribution in [2.75, 3.05) is 0 Å². The Morgan fingerprint density at radius 3 is 1.04 bits per heavy atom. The number of rotatable bonds is 3. The molecule has 0 aromatic heterocycles. The van der Waals surface area contributed by atoms with Crippen LogP contribution in [0.15, 0.2) is 91.0 Å². The van der Waals surface area contributed by atoms with E-state index in [0.717, 1.165) is 0 Å². The lowest BCUT2D eigenvalue weighted by atomic mass is 9.78. The van der Waals surface area contributed by atoms with E-state index >= 15 is 0 Å². The van der Waals surface area contributed by atoms with E-state index in [1.807, 2.05) is 18.2 Å². The maximum absolute atomic E-state index is 9.44. The zero-order valence-electron chi connectivity index (χ0n) is 14.7. The van der Waals surface area contributed by atoms with Gasteiger partial charge in [-0.15, -0.1) is 0 Å². The topological polar surface area (TPSA) is 44.7 Å². The third kappa shape index (κ3) is 5.28. The lowest BCUT2D eigenvalue weighted by Gasteiger charge is -2.27. The monoisotopic (exact) mass is 353 g/mol. The third-order valence-electron chi connectivity index (χ3n) is 3.80. The maximum atomic E-state index is 9.44. The van der Waals surface area contributed by atoms with Crippen molar-refractivity contribution in [2.24, 2.45) is 0 Å². The molecule has 0 heterocycles. The van der Waals surface area contributed by atoms with Crippen LogP contribution >= 0.6 is 0 Å². The summed E-state index contributed by atoms with van der Waals surface area (Å²) in [6.07, 6.45) is 0. The smallest absolute Gasteiger partial charge is 0.172 e. The average molecular weight is 354 g/mol. The van der Waals surface area contributed by atoms with Crippen LogP contribution in [0.5, 0.6) is 0 Å². The highest BCUT2D eigenvalue weighted by molar-refractivity contribution is 5.72. The molecule has 0 saturated carbocycles.